The van der Waals surface area contributed by atoms with Crippen molar-refractivity contribution in [1.82, 2.24) is 14.5 Å². The van der Waals surface area contributed by atoms with Gasteiger partial charge in [0.2, 0.25) is 0 Å². The van der Waals surface area contributed by atoms with Crippen molar-refractivity contribution in [3.05, 3.63) is 42.7 Å². The van der Waals surface area contributed by atoms with Crippen LogP contribution in [0, 0.1) is 0 Å². The number of benzene rings is 1. The molecule has 22 heavy (non-hydrogen) atoms. The van der Waals surface area contributed by atoms with Gasteiger partial charge in [-0.25, -0.2) is 4.98 Å². The molecule has 1 saturated heterocycles. The summed E-state index contributed by atoms with van der Waals surface area (Å²) in [7, 11) is 2.09. The normalized spacial score (nSPS) is 20.5. The summed E-state index contributed by atoms with van der Waals surface area (Å²) in [5, 5.41) is 10.2. The molecule has 1 aromatic heterocycles. The van der Waals surface area contributed by atoms with Crippen LogP contribution >= 0.6 is 0 Å². The minimum atomic E-state index is -0.284. The molecule has 118 valence electrons. The minimum absolute atomic E-state index is 0.284. The Morgan fingerprint density at radius 3 is 3.05 bits per heavy atom. The molecule has 1 N–H and O–H groups in total. The number of aryl methyl sites for hydroxylation is 1. The number of para-hydroxylation sites is 2. The van der Waals surface area contributed by atoms with Gasteiger partial charge in [-0.15, -0.1) is 6.58 Å². The standard InChI is InChI=1S/C18H25N3O/c1-3-4-8-14(22)13-21-12-7-11-17(21)18-19-15-9-5-6-10-16(15)20(18)2/h3,5-6,9-10,14,17,22H,1,4,7-8,11-13H2,2H3/t14-,17-/m1/s1. The maximum atomic E-state index is 10.2. The fourth-order valence-corrected chi connectivity index (χ4v) is 3.47. The lowest BCUT2D eigenvalue weighted by Crippen LogP contribution is -2.33. The smallest absolute Gasteiger partial charge is 0.127 e. The number of fused-ring (bicyclic) bond motifs is 1. The molecule has 0 unspecified atom stereocenters. The number of β-amino-alcohol motifs (C(OH)–C–C–N with tert-alkyl or cyclic N) is 1. The van der Waals surface area contributed by atoms with Gasteiger partial charge in [-0.05, 0) is 44.4 Å². The molecule has 2 atom stereocenters. The van der Waals surface area contributed by atoms with Crippen molar-refractivity contribution in [1.29, 1.82) is 0 Å². The van der Waals surface area contributed by atoms with Gasteiger partial charge in [-0.2, -0.15) is 0 Å². The average molecular weight is 299 g/mol. The summed E-state index contributed by atoms with van der Waals surface area (Å²) in [5.74, 6) is 1.12. The molecular formula is C18H25N3O. The Morgan fingerprint density at radius 2 is 2.27 bits per heavy atom. The van der Waals surface area contributed by atoms with Crippen LogP contribution in [0.4, 0.5) is 0 Å². The van der Waals surface area contributed by atoms with E-state index < -0.39 is 0 Å². The highest BCUT2D eigenvalue weighted by molar-refractivity contribution is 5.75. The Kier molecular flexibility index (Phi) is 4.60. The fraction of sp³-hybridized carbons (Fsp3) is 0.500. The zero-order valence-corrected chi connectivity index (χ0v) is 13.3. The minimum Gasteiger partial charge on any atom is -0.392 e. The SMILES string of the molecule is C=CCC[C@@H](O)CN1CCC[C@@H]1c1nc2ccccc2n1C. The maximum Gasteiger partial charge on any atom is 0.127 e. The quantitative estimate of drug-likeness (QED) is 0.834. The lowest BCUT2D eigenvalue weighted by Gasteiger charge is -2.26. The van der Waals surface area contributed by atoms with Gasteiger partial charge >= 0.3 is 0 Å². The Morgan fingerprint density at radius 1 is 1.45 bits per heavy atom. The number of allylic oxidation sites excluding steroid dienone is 1. The van der Waals surface area contributed by atoms with E-state index >= 15 is 0 Å². The Bertz CT molecular complexity index is 649. The van der Waals surface area contributed by atoms with Gasteiger partial charge in [-0.3, -0.25) is 4.90 Å². The second-order valence-electron chi connectivity index (χ2n) is 6.19. The summed E-state index contributed by atoms with van der Waals surface area (Å²) in [6, 6.07) is 8.58. The molecule has 0 radical (unpaired) electrons. The number of hydrogen-bond donors (Lipinski definition) is 1. The third-order valence-electron chi connectivity index (χ3n) is 4.63. The van der Waals surface area contributed by atoms with E-state index in [1.54, 1.807) is 0 Å². The molecule has 0 spiro atoms. The van der Waals surface area contributed by atoms with Crippen molar-refractivity contribution < 1.29 is 5.11 Å². The molecule has 4 heteroatoms. The van der Waals surface area contributed by atoms with E-state index in [-0.39, 0.29) is 6.10 Å². The molecule has 1 aliphatic heterocycles. The summed E-state index contributed by atoms with van der Waals surface area (Å²) >= 11 is 0. The van der Waals surface area contributed by atoms with E-state index in [4.69, 9.17) is 4.98 Å². The zero-order valence-electron chi connectivity index (χ0n) is 13.3. The number of likely N-dealkylation sites (tertiary alicyclic amines) is 1. The first kappa shape index (κ1) is 15.3. The van der Waals surface area contributed by atoms with Crippen molar-refractivity contribution in [2.75, 3.05) is 13.1 Å². The van der Waals surface area contributed by atoms with Crippen molar-refractivity contribution in [3.8, 4) is 0 Å². The first-order chi connectivity index (χ1) is 10.7. The van der Waals surface area contributed by atoms with E-state index in [1.165, 1.54) is 11.9 Å². The van der Waals surface area contributed by atoms with Crippen LogP contribution < -0.4 is 0 Å². The van der Waals surface area contributed by atoms with Gasteiger partial charge < -0.3 is 9.67 Å². The summed E-state index contributed by atoms with van der Waals surface area (Å²) in [4.78, 5) is 7.22. The number of nitrogens with zero attached hydrogens (tertiary/aromatic N) is 3. The second-order valence-corrected chi connectivity index (χ2v) is 6.19. The van der Waals surface area contributed by atoms with E-state index in [2.05, 4.69) is 41.3 Å². The molecule has 3 rings (SSSR count). The number of rotatable bonds is 6. The van der Waals surface area contributed by atoms with Gasteiger partial charge in [0.05, 0.1) is 23.2 Å². The Hall–Kier alpha value is -1.65. The molecule has 1 fully saturated rings. The monoisotopic (exact) mass is 299 g/mol. The highest BCUT2D eigenvalue weighted by Gasteiger charge is 2.30. The zero-order chi connectivity index (χ0) is 15.5. The van der Waals surface area contributed by atoms with Crippen LogP contribution in [0.15, 0.2) is 36.9 Å². The number of imidazole rings is 1. The molecule has 1 aromatic carbocycles. The van der Waals surface area contributed by atoms with E-state index in [0.717, 1.165) is 43.7 Å². The van der Waals surface area contributed by atoms with Crippen LogP contribution in [0.25, 0.3) is 11.0 Å². The van der Waals surface area contributed by atoms with Gasteiger partial charge in [0, 0.05) is 13.6 Å². The van der Waals surface area contributed by atoms with Crippen LogP contribution in [0.1, 0.15) is 37.5 Å². The van der Waals surface area contributed by atoms with Crippen LogP contribution in [-0.4, -0.2) is 38.8 Å². The van der Waals surface area contributed by atoms with Gasteiger partial charge in [0.25, 0.3) is 0 Å². The lowest BCUT2D eigenvalue weighted by molar-refractivity contribution is 0.0973. The molecule has 2 aromatic rings. The second kappa shape index (κ2) is 6.63. The van der Waals surface area contributed by atoms with Crippen molar-refractivity contribution >= 4 is 11.0 Å². The van der Waals surface area contributed by atoms with Crippen molar-refractivity contribution in [2.24, 2.45) is 7.05 Å². The van der Waals surface area contributed by atoms with Crippen LogP contribution in [0.2, 0.25) is 0 Å². The molecule has 0 amide bonds. The van der Waals surface area contributed by atoms with Gasteiger partial charge in [-0.1, -0.05) is 18.2 Å². The maximum absolute atomic E-state index is 10.2. The molecule has 0 aliphatic carbocycles. The third-order valence-corrected chi connectivity index (χ3v) is 4.63. The summed E-state index contributed by atoms with van der Waals surface area (Å²) < 4.78 is 2.20. The third kappa shape index (κ3) is 2.94. The molecule has 0 saturated carbocycles. The predicted molar refractivity (Wildman–Crippen MR) is 89.7 cm³/mol. The predicted octanol–water partition coefficient (Wildman–Crippen LogP) is 3.04. The van der Waals surface area contributed by atoms with Gasteiger partial charge in [0.15, 0.2) is 0 Å². The largest absolute Gasteiger partial charge is 0.392 e. The molecule has 0 bridgehead atoms. The summed E-state index contributed by atoms with van der Waals surface area (Å²) in [6.07, 6.45) is 5.53. The van der Waals surface area contributed by atoms with Gasteiger partial charge in [0.1, 0.15) is 5.82 Å². The van der Waals surface area contributed by atoms with E-state index in [9.17, 15) is 5.11 Å². The fourth-order valence-electron chi connectivity index (χ4n) is 3.47. The van der Waals surface area contributed by atoms with Crippen molar-refractivity contribution in [3.63, 3.8) is 0 Å². The highest BCUT2D eigenvalue weighted by Crippen LogP contribution is 2.33. The number of hydrogen-bond acceptors (Lipinski definition) is 3. The molecule has 1 aliphatic rings. The summed E-state index contributed by atoms with van der Waals surface area (Å²) in [5.41, 5.74) is 2.23. The lowest BCUT2D eigenvalue weighted by atomic mass is 10.1. The number of aliphatic hydroxyl groups excluding tert-OH is 1. The Balaban J connectivity index is 1.79. The first-order valence-electron chi connectivity index (χ1n) is 8.15. The highest BCUT2D eigenvalue weighted by atomic mass is 16.3. The Labute approximate surface area is 132 Å². The van der Waals surface area contributed by atoms with E-state index in [0.29, 0.717) is 6.04 Å². The van der Waals surface area contributed by atoms with Crippen LogP contribution in [0.3, 0.4) is 0 Å². The van der Waals surface area contributed by atoms with Crippen molar-refractivity contribution in [2.45, 2.75) is 37.8 Å². The average Bonchev–Trinajstić information content (AvgIpc) is 3.10. The summed E-state index contributed by atoms with van der Waals surface area (Å²) in [6.45, 7) is 5.49. The van der Waals surface area contributed by atoms with Crippen LogP contribution in [0.5, 0.6) is 0 Å². The van der Waals surface area contributed by atoms with E-state index in [1.807, 2.05) is 12.1 Å². The molecule has 2 heterocycles. The first-order valence-corrected chi connectivity index (χ1v) is 8.15. The number of aliphatic hydroxyl groups is 1. The topological polar surface area (TPSA) is 41.3 Å². The molecular weight excluding hydrogens is 274 g/mol. The molecule has 4 nitrogen and oxygen atoms in total. The van der Waals surface area contributed by atoms with Crippen LogP contribution in [-0.2, 0) is 7.05 Å². The number of aromatic nitrogens is 2.